The molecule has 7 nitrogen and oxygen atoms in total. The minimum atomic E-state index is 0.292. The fourth-order valence-electron chi connectivity index (χ4n) is 0.853. The Morgan fingerprint density at radius 3 is 3.08 bits per heavy atom. The molecule has 0 amide bonds. The van der Waals surface area contributed by atoms with Crippen molar-refractivity contribution in [3.63, 3.8) is 0 Å². The number of nitrogens with zero attached hydrogens (tertiary/aromatic N) is 6. The van der Waals surface area contributed by atoms with Crippen molar-refractivity contribution in [3.05, 3.63) is 22.8 Å². The van der Waals surface area contributed by atoms with Crippen molar-refractivity contribution in [2.75, 3.05) is 0 Å². The van der Waals surface area contributed by atoms with E-state index in [9.17, 15) is 0 Å². The first-order chi connectivity index (χ1) is 5.92. The first-order valence-corrected chi connectivity index (χ1v) is 3.12. The first kappa shape index (κ1) is 6.56. The minimum absolute atomic E-state index is 0.292. The van der Waals surface area contributed by atoms with E-state index >= 15 is 0 Å². The average molecular weight is 161 g/mol. The number of nitrogens with one attached hydrogen (secondary N) is 1. The maximum absolute atomic E-state index is 8.16. The molecule has 2 aromatic rings. The molecule has 7 heteroatoms. The molecule has 0 aromatic carbocycles. The van der Waals surface area contributed by atoms with E-state index in [1.165, 1.54) is 12.4 Å². The highest BCUT2D eigenvalue weighted by molar-refractivity contribution is 5.80. The minimum Gasteiger partial charge on any atom is -0.272 e. The first-order valence-electron chi connectivity index (χ1n) is 3.12. The van der Waals surface area contributed by atoms with E-state index in [-0.39, 0.29) is 0 Å². The Kier molecular flexibility index (Phi) is 1.36. The second-order valence-corrected chi connectivity index (χ2v) is 1.99. The zero-order valence-electron chi connectivity index (χ0n) is 5.84. The molecule has 12 heavy (non-hydrogen) atoms. The molecule has 0 aliphatic carbocycles. The summed E-state index contributed by atoms with van der Waals surface area (Å²) in [5.41, 5.74) is 9.09. The summed E-state index contributed by atoms with van der Waals surface area (Å²) in [5.74, 6) is 0.292. The number of H-pyrrole nitrogens is 1. The molecule has 0 saturated carbocycles. The summed E-state index contributed by atoms with van der Waals surface area (Å²) >= 11 is 0. The molecule has 0 fully saturated rings. The predicted octanol–water partition coefficient (Wildman–Crippen LogP) is 1.29. The van der Waals surface area contributed by atoms with Gasteiger partial charge in [0, 0.05) is 17.3 Å². The molecule has 58 valence electrons. The van der Waals surface area contributed by atoms with E-state index < -0.39 is 0 Å². The second kappa shape index (κ2) is 2.48. The van der Waals surface area contributed by atoms with Crippen LogP contribution in [0, 0.1) is 0 Å². The van der Waals surface area contributed by atoms with E-state index in [1.54, 1.807) is 0 Å². The maximum Gasteiger partial charge on any atom is 0.200 e. The van der Waals surface area contributed by atoms with Gasteiger partial charge in [0.2, 0.25) is 0 Å². The number of aromatic amines is 1. The summed E-state index contributed by atoms with van der Waals surface area (Å²) in [4.78, 5) is 10.4. The number of fused-ring (bicyclic) bond motifs is 1. The Morgan fingerprint density at radius 1 is 1.42 bits per heavy atom. The summed E-state index contributed by atoms with van der Waals surface area (Å²) in [6.45, 7) is 0. The van der Waals surface area contributed by atoms with Crippen LogP contribution in [0.5, 0.6) is 0 Å². The topological polar surface area (TPSA) is 103 Å². The smallest absolute Gasteiger partial charge is 0.200 e. The van der Waals surface area contributed by atoms with Gasteiger partial charge in [0.1, 0.15) is 11.3 Å². The third-order valence-electron chi connectivity index (χ3n) is 1.32. The van der Waals surface area contributed by atoms with Crippen molar-refractivity contribution in [1.82, 2.24) is 20.2 Å². The van der Waals surface area contributed by atoms with E-state index in [2.05, 4.69) is 30.2 Å². The van der Waals surface area contributed by atoms with E-state index in [0.717, 1.165) is 0 Å². The van der Waals surface area contributed by atoms with Crippen molar-refractivity contribution in [3.8, 4) is 0 Å². The van der Waals surface area contributed by atoms with Gasteiger partial charge in [-0.25, -0.2) is 9.97 Å². The van der Waals surface area contributed by atoms with Gasteiger partial charge in [-0.2, -0.15) is 5.10 Å². The van der Waals surface area contributed by atoms with Gasteiger partial charge in [0.15, 0.2) is 5.65 Å². The van der Waals surface area contributed by atoms with E-state index in [1.807, 2.05) is 0 Å². The molecule has 0 radical (unpaired) electrons. The number of azide groups is 1. The van der Waals surface area contributed by atoms with Crippen molar-refractivity contribution in [2.24, 2.45) is 5.11 Å². The fourth-order valence-corrected chi connectivity index (χ4v) is 0.853. The molecule has 0 bridgehead atoms. The molecule has 0 saturated heterocycles. The van der Waals surface area contributed by atoms with Gasteiger partial charge in [-0.05, 0) is 10.6 Å². The van der Waals surface area contributed by atoms with Crippen molar-refractivity contribution in [1.29, 1.82) is 0 Å². The highest BCUT2D eigenvalue weighted by atomic mass is 15.3. The lowest BCUT2D eigenvalue weighted by Gasteiger charge is -1.83. The van der Waals surface area contributed by atoms with Gasteiger partial charge in [-0.15, -0.1) is 0 Å². The van der Waals surface area contributed by atoms with Crippen LogP contribution >= 0.6 is 0 Å². The third kappa shape index (κ3) is 0.850. The van der Waals surface area contributed by atoms with Crippen LogP contribution in [0.1, 0.15) is 0 Å². The van der Waals surface area contributed by atoms with Crippen LogP contribution in [0.4, 0.5) is 5.82 Å². The molecular weight excluding hydrogens is 158 g/mol. The summed E-state index contributed by atoms with van der Waals surface area (Å²) in [6, 6.07) is 0. The lowest BCUT2D eigenvalue weighted by Crippen LogP contribution is -1.76. The monoisotopic (exact) mass is 161 g/mol. The van der Waals surface area contributed by atoms with Crippen molar-refractivity contribution in [2.45, 2.75) is 0 Å². The zero-order chi connectivity index (χ0) is 8.39. The Bertz CT molecular complexity index is 452. The lowest BCUT2D eigenvalue weighted by atomic mass is 10.5. The standard InChI is InChI=1S/C5H3N7/c6-12-11-5-3-4(9-10-5)8-2-1-7-3/h1-2H,(H,8,9,10). The van der Waals surface area contributed by atoms with Crippen molar-refractivity contribution >= 4 is 17.0 Å². The SMILES string of the molecule is [N-]=[N+]=Nc1[nH]nc2nccnc12. The van der Waals surface area contributed by atoms with Crippen LogP contribution in [-0.2, 0) is 0 Å². The number of aromatic nitrogens is 4. The van der Waals surface area contributed by atoms with Gasteiger partial charge in [-0.1, -0.05) is 0 Å². The number of hydrogen-bond acceptors (Lipinski definition) is 4. The van der Waals surface area contributed by atoms with Crippen LogP contribution in [0.25, 0.3) is 21.6 Å². The van der Waals surface area contributed by atoms with Gasteiger partial charge in [-0.3, -0.25) is 5.10 Å². The maximum atomic E-state index is 8.16. The highest BCUT2D eigenvalue weighted by Crippen LogP contribution is 2.17. The molecule has 0 aliphatic heterocycles. The van der Waals surface area contributed by atoms with Gasteiger partial charge < -0.3 is 0 Å². The van der Waals surface area contributed by atoms with E-state index in [4.69, 9.17) is 5.53 Å². The van der Waals surface area contributed by atoms with Gasteiger partial charge >= 0.3 is 0 Å². The molecule has 2 rings (SSSR count). The Labute approximate surface area is 66.1 Å². The second-order valence-electron chi connectivity index (χ2n) is 1.99. The van der Waals surface area contributed by atoms with Crippen LogP contribution in [0.2, 0.25) is 0 Å². The Balaban J connectivity index is 2.78. The summed E-state index contributed by atoms with van der Waals surface area (Å²) in [7, 11) is 0. The Hall–Kier alpha value is -2.14. The van der Waals surface area contributed by atoms with Crippen LogP contribution in [0.15, 0.2) is 17.5 Å². The molecule has 2 heterocycles. The van der Waals surface area contributed by atoms with Crippen LogP contribution < -0.4 is 0 Å². The Morgan fingerprint density at radius 2 is 2.25 bits per heavy atom. The lowest BCUT2D eigenvalue weighted by molar-refractivity contribution is 1.09. The average Bonchev–Trinajstić information content (AvgIpc) is 2.50. The van der Waals surface area contributed by atoms with Crippen LogP contribution in [-0.4, -0.2) is 20.2 Å². The molecule has 0 spiro atoms. The molecule has 0 atom stereocenters. The molecule has 0 unspecified atom stereocenters. The van der Waals surface area contributed by atoms with Crippen molar-refractivity contribution < 1.29 is 0 Å². The van der Waals surface area contributed by atoms with Gasteiger partial charge in [0.25, 0.3) is 0 Å². The third-order valence-corrected chi connectivity index (χ3v) is 1.32. The largest absolute Gasteiger partial charge is 0.272 e. The molecular formula is C5H3N7. The number of hydrogen-bond donors (Lipinski definition) is 1. The van der Waals surface area contributed by atoms with Crippen LogP contribution in [0.3, 0.4) is 0 Å². The normalized spacial score (nSPS) is 9.67. The molecule has 1 N–H and O–H groups in total. The molecule has 0 aliphatic rings. The van der Waals surface area contributed by atoms with Gasteiger partial charge in [0.05, 0.1) is 0 Å². The predicted molar refractivity (Wildman–Crippen MR) is 40.5 cm³/mol. The summed E-state index contributed by atoms with van der Waals surface area (Å²) in [5, 5.41) is 9.65. The summed E-state index contributed by atoms with van der Waals surface area (Å²) in [6.07, 6.45) is 3.03. The number of rotatable bonds is 1. The quantitative estimate of drug-likeness (QED) is 0.387. The van der Waals surface area contributed by atoms with E-state index in [0.29, 0.717) is 17.0 Å². The highest BCUT2D eigenvalue weighted by Gasteiger charge is 2.03. The summed E-state index contributed by atoms with van der Waals surface area (Å²) < 4.78 is 0. The zero-order valence-corrected chi connectivity index (χ0v) is 5.84. The molecule has 2 aromatic heterocycles. The fraction of sp³-hybridized carbons (Fsp3) is 0.